The summed E-state index contributed by atoms with van der Waals surface area (Å²) in [6, 6.07) is 15.0. The first-order chi connectivity index (χ1) is 12.6. The molecule has 1 amide bonds. The van der Waals surface area contributed by atoms with Crippen LogP contribution in [0.2, 0.25) is 0 Å². The van der Waals surface area contributed by atoms with Crippen molar-refractivity contribution in [2.24, 2.45) is 5.92 Å². The Morgan fingerprint density at radius 1 is 1.12 bits per heavy atom. The van der Waals surface area contributed by atoms with Crippen LogP contribution in [0, 0.1) is 5.92 Å². The van der Waals surface area contributed by atoms with Crippen molar-refractivity contribution in [3.8, 4) is 5.75 Å². The first-order valence-corrected chi connectivity index (χ1v) is 8.27. The zero-order valence-electron chi connectivity index (χ0n) is 14.4. The van der Waals surface area contributed by atoms with E-state index >= 15 is 0 Å². The molecule has 1 aliphatic heterocycles. The Morgan fingerprint density at radius 3 is 2.35 bits per heavy atom. The predicted molar refractivity (Wildman–Crippen MR) is 96.9 cm³/mol. The molecule has 3 rings (SSSR count). The van der Waals surface area contributed by atoms with Gasteiger partial charge >= 0.3 is 0 Å². The molecule has 5 nitrogen and oxygen atoms in total. The molecule has 2 aromatic carbocycles. The van der Waals surface area contributed by atoms with Crippen LogP contribution in [0.25, 0.3) is 0 Å². The fraction of sp³-hybridized carbons (Fsp3) is 0.190. The van der Waals surface area contributed by atoms with Crippen molar-refractivity contribution in [2.75, 3.05) is 13.7 Å². The molecule has 0 aliphatic carbocycles. The number of nitrogens with zero attached hydrogens (tertiary/aromatic N) is 1. The molecule has 1 saturated heterocycles. The number of rotatable bonds is 6. The van der Waals surface area contributed by atoms with Gasteiger partial charge in [-0.3, -0.25) is 14.4 Å². The zero-order valence-corrected chi connectivity index (χ0v) is 14.4. The van der Waals surface area contributed by atoms with Crippen LogP contribution in [0.3, 0.4) is 0 Å². The third-order valence-electron chi connectivity index (χ3n) is 4.53. The second kappa shape index (κ2) is 7.35. The van der Waals surface area contributed by atoms with Crippen LogP contribution in [0.5, 0.6) is 5.75 Å². The molecule has 5 heteroatoms. The summed E-state index contributed by atoms with van der Waals surface area (Å²) in [5, 5.41) is 0. The Bertz CT molecular complexity index is 842. The third-order valence-corrected chi connectivity index (χ3v) is 4.53. The number of ether oxygens (including phenoxy) is 1. The standard InChI is InChI=1S/C21H19NO4/c1-3-13-22-18(14-9-11-16(26-2)12-10-14)17(20(24)21(22)25)19(23)15-7-5-4-6-8-15/h3-12,17-18H,1,13H2,2H3. The van der Waals surface area contributed by atoms with Crippen LogP contribution in [-0.4, -0.2) is 36.0 Å². The van der Waals surface area contributed by atoms with Crippen molar-refractivity contribution in [1.82, 2.24) is 4.90 Å². The van der Waals surface area contributed by atoms with E-state index in [1.54, 1.807) is 67.8 Å². The van der Waals surface area contributed by atoms with E-state index in [2.05, 4.69) is 6.58 Å². The van der Waals surface area contributed by atoms with E-state index in [0.29, 0.717) is 16.9 Å². The van der Waals surface area contributed by atoms with E-state index in [1.165, 1.54) is 4.90 Å². The van der Waals surface area contributed by atoms with Gasteiger partial charge in [0.05, 0.1) is 13.2 Å². The third kappa shape index (κ3) is 3.04. The lowest BCUT2D eigenvalue weighted by Gasteiger charge is -2.26. The van der Waals surface area contributed by atoms with Gasteiger partial charge in [-0.25, -0.2) is 0 Å². The predicted octanol–water partition coefficient (Wildman–Crippen LogP) is 2.83. The molecule has 2 aromatic rings. The molecule has 0 aromatic heterocycles. The zero-order chi connectivity index (χ0) is 18.7. The number of carbonyl (C=O) groups is 3. The molecule has 2 unspecified atom stereocenters. The minimum absolute atomic E-state index is 0.194. The molecule has 1 heterocycles. The molecule has 26 heavy (non-hydrogen) atoms. The number of methoxy groups -OCH3 is 1. The Kier molecular flexibility index (Phi) is 4.98. The van der Waals surface area contributed by atoms with E-state index in [4.69, 9.17) is 4.74 Å². The molecule has 1 fully saturated rings. The van der Waals surface area contributed by atoms with Gasteiger partial charge in [-0.05, 0) is 17.7 Å². The van der Waals surface area contributed by atoms with Gasteiger partial charge in [0, 0.05) is 12.1 Å². The quantitative estimate of drug-likeness (QED) is 0.348. The molecule has 0 bridgehead atoms. The van der Waals surface area contributed by atoms with Crippen LogP contribution >= 0.6 is 0 Å². The molecule has 132 valence electrons. The van der Waals surface area contributed by atoms with Gasteiger partial charge < -0.3 is 9.64 Å². The maximum Gasteiger partial charge on any atom is 0.291 e. The minimum atomic E-state index is -1.07. The van der Waals surface area contributed by atoms with Crippen LogP contribution in [0.15, 0.2) is 67.3 Å². The van der Waals surface area contributed by atoms with Crippen molar-refractivity contribution in [2.45, 2.75) is 6.04 Å². The number of hydrogen-bond donors (Lipinski definition) is 0. The Balaban J connectivity index is 2.06. The lowest BCUT2D eigenvalue weighted by atomic mass is 9.86. The fourth-order valence-corrected chi connectivity index (χ4v) is 3.28. The summed E-state index contributed by atoms with van der Waals surface area (Å²) in [5.74, 6) is -2.10. The van der Waals surface area contributed by atoms with Gasteiger partial charge in [0.2, 0.25) is 5.78 Å². The summed E-state index contributed by atoms with van der Waals surface area (Å²) in [7, 11) is 1.56. The Morgan fingerprint density at radius 2 is 1.77 bits per heavy atom. The highest BCUT2D eigenvalue weighted by Crippen LogP contribution is 2.38. The number of hydrogen-bond acceptors (Lipinski definition) is 4. The molecular formula is C21H19NO4. The molecule has 2 atom stereocenters. The van der Waals surface area contributed by atoms with Crippen molar-refractivity contribution in [3.05, 3.63) is 78.4 Å². The highest BCUT2D eigenvalue weighted by Gasteiger charge is 2.51. The summed E-state index contributed by atoms with van der Waals surface area (Å²) in [5.41, 5.74) is 1.12. The van der Waals surface area contributed by atoms with E-state index in [-0.39, 0.29) is 12.3 Å². The summed E-state index contributed by atoms with van der Waals surface area (Å²) in [4.78, 5) is 39.6. The van der Waals surface area contributed by atoms with Crippen LogP contribution < -0.4 is 4.74 Å². The average Bonchev–Trinajstić information content (AvgIpc) is 2.93. The van der Waals surface area contributed by atoms with Crippen LogP contribution in [-0.2, 0) is 9.59 Å². The first-order valence-electron chi connectivity index (χ1n) is 8.27. The number of Topliss-reactive ketones (excluding diaryl/α,β-unsaturated/α-hetero) is 2. The lowest BCUT2D eigenvalue weighted by Crippen LogP contribution is -2.30. The molecule has 0 N–H and O–H groups in total. The van der Waals surface area contributed by atoms with Gasteiger partial charge in [0.1, 0.15) is 11.7 Å². The van der Waals surface area contributed by atoms with Gasteiger partial charge in [-0.1, -0.05) is 48.5 Å². The minimum Gasteiger partial charge on any atom is -0.497 e. The van der Waals surface area contributed by atoms with Gasteiger partial charge in [-0.15, -0.1) is 6.58 Å². The molecule has 0 saturated carbocycles. The van der Waals surface area contributed by atoms with Crippen LogP contribution in [0.1, 0.15) is 22.0 Å². The van der Waals surface area contributed by atoms with Gasteiger partial charge in [-0.2, -0.15) is 0 Å². The van der Waals surface area contributed by atoms with Crippen molar-refractivity contribution in [1.29, 1.82) is 0 Å². The average molecular weight is 349 g/mol. The molecule has 0 radical (unpaired) electrons. The van der Waals surface area contributed by atoms with E-state index in [9.17, 15) is 14.4 Å². The Labute approximate surface area is 151 Å². The largest absolute Gasteiger partial charge is 0.497 e. The molecular weight excluding hydrogens is 330 g/mol. The van der Waals surface area contributed by atoms with E-state index in [0.717, 1.165) is 0 Å². The summed E-state index contributed by atoms with van der Waals surface area (Å²) >= 11 is 0. The lowest BCUT2D eigenvalue weighted by molar-refractivity contribution is -0.140. The van der Waals surface area contributed by atoms with Crippen molar-refractivity contribution < 1.29 is 19.1 Å². The highest BCUT2D eigenvalue weighted by molar-refractivity contribution is 6.44. The summed E-state index contributed by atoms with van der Waals surface area (Å²) in [6.45, 7) is 3.85. The second-order valence-electron chi connectivity index (χ2n) is 6.04. The number of amides is 1. The SMILES string of the molecule is C=CCN1C(=O)C(=O)C(C(=O)c2ccccc2)C1c1ccc(OC)cc1. The summed E-state index contributed by atoms with van der Waals surface area (Å²) in [6.07, 6.45) is 1.55. The topological polar surface area (TPSA) is 63.7 Å². The van der Waals surface area contributed by atoms with Crippen molar-refractivity contribution in [3.63, 3.8) is 0 Å². The monoisotopic (exact) mass is 349 g/mol. The molecule has 1 aliphatic rings. The first kappa shape index (κ1) is 17.6. The second-order valence-corrected chi connectivity index (χ2v) is 6.04. The van der Waals surface area contributed by atoms with E-state index < -0.39 is 23.7 Å². The smallest absolute Gasteiger partial charge is 0.291 e. The van der Waals surface area contributed by atoms with Gasteiger partial charge in [0.25, 0.3) is 5.91 Å². The maximum atomic E-state index is 13.0. The maximum absolute atomic E-state index is 13.0. The van der Waals surface area contributed by atoms with E-state index in [1.807, 2.05) is 0 Å². The van der Waals surface area contributed by atoms with Crippen molar-refractivity contribution >= 4 is 17.5 Å². The highest BCUT2D eigenvalue weighted by atomic mass is 16.5. The fourth-order valence-electron chi connectivity index (χ4n) is 3.28. The number of benzene rings is 2. The number of carbonyl (C=O) groups excluding carboxylic acids is 3. The summed E-state index contributed by atoms with van der Waals surface area (Å²) < 4.78 is 5.16. The van der Waals surface area contributed by atoms with Gasteiger partial charge in [0.15, 0.2) is 5.78 Å². The normalized spacial score (nSPS) is 19.5. The number of ketones is 2. The molecule has 0 spiro atoms. The number of likely N-dealkylation sites (tertiary alicyclic amines) is 1. The Hall–Kier alpha value is -3.21. The van der Waals surface area contributed by atoms with Crippen LogP contribution in [0.4, 0.5) is 0 Å².